The number of fused-ring (bicyclic) bond motifs is 1. The first-order valence-corrected chi connectivity index (χ1v) is 9.06. The van der Waals surface area contributed by atoms with Gasteiger partial charge in [0.2, 0.25) is 5.91 Å². The number of amides is 1. The molecular weight excluding hydrogens is 334 g/mol. The molecule has 0 aliphatic carbocycles. The Kier molecular flexibility index (Phi) is 4.09. The van der Waals surface area contributed by atoms with E-state index in [1.54, 1.807) is 0 Å². The maximum absolute atomic E-state index is 12.0. The molecule has 1 aromatic carbocycles. The Morgan fingerprint density at radius 3 is 2.81 bits per heavy atom. The highest BCUT2D eigenvalue weighted by Gasteiger charge is 2.42. The molecule has 1 spiro atoms. The van der Waals surface area contributed by atoms with E-state index >= 15 is 0 Å². The van der Waals surface area contributed by atoms with Crippen LogP contribution in [-0.4, -0.2) is 53.0 Å². The van der Waals surface area contributed by atoms with Crippen molar-refractivity contribution >= 4 is 29.0 Å². The average molecular weight is 357 g/mol. The fraction of sp³-hybridized carbons (Fsp3) is 0.526. The van der Waals surface area contributed by atoms with Crippen LogP contribution in [0.1, 0.15) is 31.2 Å². The number of carbonyl (C=O) groups excluding carboxylic acids is 1. The Hall–Kier alpha value is -2.57. The van der Waals surface area contributed by atoms with E-state index in [0.29, 0.717) is 19.0 Å². The third-order valence-electron chi connectivity index (χ3n) is 5.70. The first kappa shape index (κ1) is 16.9. The van der Waals surface area contributed by atoms with Crippen molar-refractivity contribution in [3.8, 4) is 0 Å². The summed E-state index contributed by atoms with van der Waals surface area (Å²) in [6, 6.07) is 6.63. The lowest BCUT2D eigenvalue weighted by atomic mass is 9.72. The number of likely N-dealkylation sites (tertiary alicyclic amines) is 1. The molecule has 2 saturated heterocycles. The van der Waals surface area contributed by atoms with Gasteiger partial charge in [-0.15, -0.1) is 0 Å². The summed E-state index contributed by atoms with van der Waals surface area (Å²) in [4.78, 5) is 31.3. The standard InChI is InChI=1S/C19H23N3O4/c1-13-2-3-15-14(10-13)20-18(26-15)21-8-6-19(7-9-21)5-4-16(23)22(12-19)11-17(24)25/h2-3,10H,4-9,11-12H2,1H3,(H,24,25). The topological polar surface area (TPSA) is 86.9 Å². The van der Waals surface area contributed by atoms with Gasteiger partial charge in [-0.2, -0.15) is 4.98 Å². The number of aliphatic carboxylic acids is 1. The summed E-state index contributed by atoms with van der Waals surface area (Å²) in [6.07, 6.45) is 3.10. The normalized spacial score (nSPS) is 20.1. The fourth-order valence-corrected chi connectivity index (χ4v) is 4.15. The maximum atomic E-state index is 12.0. The molecule has 0 atom stereocenters. The van der Waals surface area contributed by atoms with Gasteiger partial charge in [-0.1, -0.05) is 6.07 Å². The van der Waals surface area contributed by atoms with Gasteiger partial charge in [0.1, 0.15) is 12.1 Å². The van der Waals surface area contributed by atoms with E-state index in [1.807, 2.05) is 25.1 Å². The molecule has 1 amide bonds. The van der Waals surface area contributed by atoms with Gasteiger partial charge in [0.15, 0.2) is 5.58 Å². The summed E-state index contributed by atoms with van der Waals surface area (Å²) in [6.45, 7) is 3.99. The minimum Gasteiger partial charge on any atom is -0.480 e. The molecule has 4 rings (SSSR count). The van der Waals surface area contributed by atoms with Gasteiger partial charge in [-0.25, -0.2) is 0 Å². The molecule has 138 valence electrons. The van der Waals surface area contributed by atoms with Crippen molar-refractivity contribution in [3.63, 3.8) is 0 Å². The van der Waals surface area contributed by atoms with E-state index in [4.69, 9.17) is 9.52 Å². The van der Waals surface area contributed by atoms with Crippen molar-refractivity contribution in [2.45, 2.75) is 32.6 Å². The van der Waals surface area contributed by atoms with Crippen molar-refractivity contribution in [3.05, 3.63) is 23.8 Å². The summed E-state index contributed by atoms with van der Waals surface area (Å²) >= 11 is 0. The third-order valence-corrected chi connectivity index (χ3v) is 5.70. The second-order valence-electron chi connectivity index (χ2n) is 7.60. The highest BCUT2D eigenvalue weighted by molar-refractivity contribution is 5.82. The minimum atomic E-state index is -0.949. The fourth-order valence-electron chi connectivity index (χ4n) is 4.15. The number of piperidine rings is 2. The van der Waals surface area contributed by atoms with Crippen LogP contribution in [0.15, 0.2) is 22.6 Å². The Bertz CT molecular complexity index is 852. The Morgan fingerprint density at radius 1 is 1.31 bits per heavy atom. The minimum absolute atomic E-state index is 0.0163. The highest BCUT2D eigenvalue weighted by Crippen LogP contribution is 2.41. The summed E-state index contributed by atoms with van der Waals surface area (Å²) in [7, 11) is 0. The molecule has 1 N–H and O–H groups in total. The molecule has 0 unspecified atom stereocenters. The van der Waals surface area contributed by atoms with Crippen LogP contribution in [-0.2, 0) is 9.59 Å². The Morgan fingerprint density at radius 2 is 2.08 bits per heavy atom. The number of rotatable bonds is 3. The number of anilines is 1. The second kappa shape index (κ2) is 6.30. The summed E-state index contributed by atoms with van der Waals surface area (Å²) in [5.41, 5.74) is 2.83. The zero-order valence-corrected chi connectivity index (χ0v) is 14.9. The monoisotopic (exact) mass is 357 g/mol. The van der Waals surface area contributed by atoms with Crippen molar-refractivity contribution in [1.29, 1.82) is 0 Å². The van der Waals surface area contributed by atoms with E-state index < -0.39 is 5.97 Å². The van der Waals surface area contributed by atoms with E-state index in [0.717, 1.165) is 49.0 Å². The number of aryl methyl sites for hydroxylation is 1. The van der Waals surface area contributed by atoms with Crippen LogP contribution in [0.3, 0.4) is 0 Å². The molecule has 0 saturated carbocycles. The molecule has 26 heavy (non-hydrogen) atoms. The largest absolute Gasteiger partial charge is 0.480 e. The van der Waals surface area contributed by atoms with E-state index in [9.17, 15) is 9.59 Å². The highest BCUT2D eigenvalue weighted by atomic mass is 16.4. The summed E-state index contributed by atoms with van der Waals surface area (Å²) in [5.74, 6) is -0.996. The Balaban J connectivity index is 1.46. The molecule has 0 bridgehead atoms. The summed E-state index contributed by atoms with van der Waals surface area (Å²) in [5, 5.41) is 9.03. The zero-order valence-electron chi connectivity index (χ0n) is 14.9. The molecule has 1 aromatic heterocycles. The second-order valence-corrected chi connectivity index (χ2v) is 7.60. The van der Waals surface area contributed by atoms with Gasteiger partial charge in [0, 0.05) is 26.1 Å². The van der Waals surface area contributed by atoms with Gasteiger partial charge < -0.3 is 19.3 Å². The van der Waals surface area contributed by atoms with Gasteiger partial charge >= 0.3 is 5.97 Å². The molecule has 2 aromatic rings. The number of aromatic nitrogens is 1. The first-order valence-electron chi connectivity index (χ1n) is 9.06. The smallest absolute Gasteiger partial charge is 0.323 e. The van der Waals surface area contributed by atoms with E-state index in [2.05, 4.69) is 9.88 Å². The van der Waals surface area contributed by atoms with Crippen LogP contribution in [0.25, 0.3) is 11.1 Å². The van der Waals surface area contributed by atoms with Crippen molar-refractivity contribution in [2.75, 3.05) is 31.1 Å². The van der Waals surface area contributed by atoms with Crippen LogP contribution in [0.5, 0.6) is 0 Å². The predicted octanol–water partition coefficient (Wildman–Crippen LogP) is 2.43. The van der Waals surface area contributed by atoms with Gasteiger partial charge in [0.05, 0.1) is 0 Å². The Labute approximate surface area is 151 Å². The van der Waals surface area contributed by atoms with Crippen LogP contribution in [0.2, 0.25) is 0 Å². The summed E-state index contributed by atoms with van der Waals surface area (Å²) < 4.78 is 5.90. The number of carboxylic acids is 1. The predicted molar refractivity (Wildman–Crippen MR) is 96.1 cm³/mol. The quantitative estimate of drug-likeness (QED) is 0.908. The van der Waals surface area contributed by atoms with Crippen molar-refractivity contribution in [2.24, 2.45) is 5.41 Å². The van der Waals surface area contributed by atoms with Crippen molar-refractivity contribution < 1.29 is 19.1 Å². The number of hydrogen-bond acceptors (Lipinski definition) is 5. The third kappa shape index (κ3) is 3.13. The number of oxazole rings is 1. The first-order chi connectivity index (χ1) is 12.4. The lowest BCUT2D eigenvalue weighted by Gasteiger charge is -2.46. The number of carbonyl (C=O) groups is 2. The van der Waals surface area contributed by atoms with Crippen LogP contribution < -0.4 is 4.90 Å². The van der Waals surface area contributed by atoms with Gasteiger partial charge in [-0.3, -0.25) is 9.59 Å². The number of carboxylic acid groups (broad SMARTS) is 1. The molecule has 7 heteroatoms. The molecular formula is C19H23N3O4. The molecule has 0 radical (unpaired) electrons. The number of benzene rings is 1. The van der Waals surface area contributed by atoms with Crippen molar-refractivity contribution in [1.82, 2.24) is 9.88 Å². The molecule has 2 aliphatic rings. The molecule has 3 heterocycles. The van der Waals surface area contributed by atoms with Crippen LogP contribution >= 0.6 is 0 Å². The van der Waals surface area contributed by atoms with E-state index in [1.165, 1.54) is 4.90 Å². The average Bonchev–Trinajstić information content (AvgIpc) is 3.01. The van der Waals surface area contributed by atoms with Gasteiger partial charge in [-0.05, 0) is 49.3 Å². The zero-order chi connectivity index (χ0) is 18.3. The van der Waals surface area contributed by atoms with Gasteiger partial charge in [0.25, 0.3) is 6.01 Å². The maximum Gasteiger partial charge on any atom is 0.323 e. The number of nitrogens with zero attached hydrogens (tertiary/aromatic N) is 3. The number of hydrogen-bond donors (Lipinski definition) is 1. The lowest BCUT2D eigenvalue weighted by molar-refractivity contribution is -0.148. The molecule has 2 fully saturated rings. The SMILES string of the molecule is Cc1ccc2oc(N3CCC4(CCC(=O)N(CC(=O)O)C4)CC3)nc2c1. The molecule has 2 aliphatic heterocycles. The van der Waals surface area contributed by atoms with Crippen LogP contribution in [0.4, 0.5) is 6.01 Å². The lowest BCUT2D eigenvalue weighted by Crippen LogP contribution is -2.52. The van der Waals surface area contributed by atoms with E-state index in [-0.39, 0.29) is 17.9 Å². The van der Waals surface area contributed by atoms with Crippen LogP contribution in [0, 0.1) is 12.3 Å². The molecule has 7 nitrogen and oxygen atoms in total.